The van der Waals surface area contributed by atoms with Crippen LogP contribution in [0.25, 0.3) is 10.6 Å². The Bertz CT molecular complexity index is 1110. The molecule has 9 heteroatoms. The van der Waals surface area contributed by atoms with E-state index < -0.39 is 15.9 Å². The number of hydrazine groups is 1. The van der Waals surface area contributed by atoms with Crippen LogP contribution in [0.4, 0.5) is 0 Å². The summed E-state index contributed by atoms with van der Waals surface area (Å²) in [6.07, 6.45) is 0. The number of methoxy groups -OCH3 is 1. The molecule has 0 atom stereocenters. The molecule has 2 N–H and O–H groups in total. The van der Waals surface area contributed by atoms with Crippen molar-refractivity contribution in [1.29, 1.82) is 0 Å². The van der Waals surface area contributed by atoms with Crippen molar-refractivity contribution in [1.82, 2.24) is 15.2 Å². The van der Waals surface area contributed by atoms with Crippen LogP contribution in [-0.2, 0) is 10.0 Å². The van der Waals surface area contributed by atoms with E-state index in [1.807, 2.05) is 30.3 Å². The molecule has 146 valence electrons. The zero-order chi connectivity index (χ0) is 20.3. The second kappa shape index (κ2) is 8.09. The summed E-state index contributed by atoms with van der Waals surface area (Å²) in [4.78, 5) is 19.3. The van der Waals surface area contributed by atoms with Gasteiger partial charge in [0.25, 0.3) is 15.9 Å². The molecule has 1 amide bonds. The number of amides is 1. The summed E-state index contributed by atoms with van der Waals surface area (Å²) in [6.45, 7) is 3.47. The van der Waals surface area contributed by atoms with Gasteiger partial charge in [0.2, 0.25) is 0 Å². The lowest BCUT2D eigenvalue weighted by atomic mass is 10.2. The molecule has 3 aromatic rings. The van der Waals surface area contributed by atoms with E-state index in [4.69, 9.17) is 4.74 Å². The van der Waals surface area contributed by atoms with Crippen LogP contribution in [0.1, 0.15) is 20.9 Å². The van der Waals surface area contributed by atoms with Crippen molar-refractivity contribution in [2.24, 2.45) is 0 Å². The normalized spacial score (nSPS) is 11.2. The van der Waals surface area contributed by atoms with Gasteiger partial charge in [-0.05, 0) is 31.5 Å². The fourth-order valence-corrected chi connectivity index (χ4v) is 4.59. The molecule has 28 heavy (non-hydrogen) atoms. The first kappa shape index (κ1) is 20.0. The average Bonchev–Trinajstić information content (AvgIpc) is 3.08. The Kier molecular flexibility index (Phi) is 5.78. The highest BCUT2D eigenvalue weighted by Crippen LogP contribution is 2.28. The zero-order valence-corrected chi connectivity index (χ0v) is 17.1. The first-order chi connectivity index (χ1) is 13.3. The fourth-order valence-electron chi connectivity index (χ4n) is 2.53. The number of hydrogen-bond acceptors (Lipinski definition) is 6. The maximum atomic E-state index is 12.6. The number of aromatic nitrogens is 1. The number of carbonyl (C=O) groups excluding carboxylic acids is 1. The van der Waals surface area contributed by atoms with Gasteiger partial charge in [0.15, 0.2) is 0 Å². The highest BCUT2D eigenvalue weighted by molar-refractivity contribution is 7.89. The SMILES string of the molecule is COc1ccc(C)cc1S(=O)(=O)NNC(=O)c1sc(-c2ccccc2)nc1C. The molecule has 0 fully saturated rings. The van der Waals surface area contributed by atoms with Gasteiger partial charge in [-0.25, -0.2) is 13.4 Å². The van der Waals surface area contributed by atoms with E-state index in [-0.39, 0.29) is 10.6 Å². The first-order valence-corrected chi connectivity index (χ1v) is 10.6. The number of aryl methyl sites for hydroxylation is 2. The van der Waals surface area contributed by atoms with E-state index >= 15 is 0 Å². The second-order valence-electron chi connectivity index (χ2n) is 6.01. The molecule has 0 radical (unpaired) electrons. The first-order valence-electron chi connectivity index (χ1n) is 8.31. The number of hydrogen-bond donors (Lipinski definition) is 2. The minimum absolute atomic E-state index is 0.0544. The number of sulfonamides is 1. The van der Waals surface area contributed by atoms with E-state index in [1.165, 1.54) is 24.5 Å². The molecule has 3 rings (SSSR count). The summed E-state index contributed by atoms with van der Waals surface area (Å²) in [5.74, 6) is -0.389. The standard InChI is InChI=1S/C19H19N3O4S2/c1-12-9-10-15(26-3)16(11-12)28(24,25)22-21-18(23)17-13(2)20-19(27-17)14-7-5-4-6-8-14/h4-11,22H,1-3H3,(H,21,23). The summed E-state index contributed by atoms with van der Waals surface area (Å²) >= 11 is 1.19. The van der Waals surface area contributed by atoms with E-state index in [2.05, 4.69) is 15.2 Å². The predicted octanol–water partition coefficient (Wildman–Crippen LogP) is 3.06. The summed E-state index contributed by atoms with van der Waals surface area (Å²) in [5, 5.41) is 0.687. The smallest absolute Gasteiger partial charge is 0.278 e. The van der Waals surface area contributed by atoms with Gasteiger partial charge in [-0.1, -0.05) is 36.4 Å². The van der Waals surface area contributed by atoms with Crippen molar-refractivity contribution in [3.63, 3.8) is 0 Å². The molecule has 0 bridgehead atoms. The lowest BCUT2D eigenvalue weighted by molar-refractivity contribution is 0.0948. The highest BCUT2D eigenvalue weighted by atomic mass is 32.2. The van der Waals surface area contributed by atoms with Crippen molar-refractivity contribution < 1.29 is 17.9 Å². The number of benzene rings is 2. The van der Waals surface area contributed by atoms with Crippen LogP contribution in [0.3, 0.4) is 0 Å². The van der Waals surface area contributed by atoms with Gasteiger partial charge >= 0.3 is 0 Å². The van der Waals surface area contributed by atoms with Crippen LogP contribution in [-0.4, -0.2) is 26.4 Å². The monoisotopic (exact) mass is 417 g/mol. The molecule has 0 aliphatic carbocycles. The quantitative estimate of drug-likeness (QED) is 0.601. The topological polar surface area (TPSA) is 97.4 Å². The molecule has 7 nitrogen and oxygen atoms in total. The van der Waals surface area contributed by atoms with Crippen molar-refractivity contribution in [2.75, 3.05) is 7.11 Å². The van der Waals surface area contributed by atoms with E-state index in [0.717, 1.165) is 11.1 Å². The maximum Gasteiger partial charge on any atom is 0.278 e. The van der Waals surface area contributed by atoms with Crippen molar-refractivity contribution in [3.05, 3.63) is 64.7 Å². The van der Waals surface area contributed by atoms with Crippen molar-refractivity contribution in [3.8, 4) is 16.3 Å². The fraction of sp³-hybridized carbons (Fsp3) is 0.158. The third-order valence-corrected chi connectivity index (χ3v) is 6.41. The lowest BCUT2D eigenvalue weighted by Gasteiger charge is -2.12. The largest absolute Gasteiger partial charge is 0.495 e. The molecule has 0 spiro atoms. The molecular formula is C19H19N3O4S2. The van der Waals surface area contributed by atoms with Gasteiger partial charge in [0, 0.05) is 5.56 Å². The lowest BCUT2D eigenvalue weighted by Crippen LogP contribution is -2.41. The van der Waals surface area contributed by atoms with Gasteiger partial charge in [-0.2, -0.15) is 0 Å². The number of nitrogens with zero attached hydrogens (tertiary/aromatic N) is 1. The Morgan fingerprint density at radius 2 is 1.82 bits per heavy atom. The Morgan fingerprint density at radius 1 is 1.11 bits per heavy atom. The number of nitrogens with one attached hydrogen (secondary N) is 2. The van der Waals surface area contributed by atoms with E-state index in [0.29, 0.717) is 15.6 Å². The molecular weight excluding hydrogens is 398 g/mol. The van der Waals surface area contributed by atoms with Gasteiger partial charge in [-0.3, -0.25) is 10.2 Å². The molecule has 0 aliphatic rings. The van der Waals surface area contributed by atoms with Crippen LogP contribution in [0, 0.1) is 13.8 Å². The van der Waals surface area contributed by atoms with Crippen LogP contribution in [0.5, 0.6) is 5.75 Å². The van der Waals surface area contributed by atoms with Gasteiger partial charge in [0.1, 0.15) is 20.5 Å². The van der Waals surface area contributed by atoms with Gasteiger partial charge in [-0.15, -0.1) is 16.2 Å². The molecule has 2 aromatic carbocycles. The summed E-state index contributed by atoms with van der Waals surface area (Å²) in [6, 6.07) is 14.2. The Balaban J connectivity index is 1.79. The predicted molar refractivity (Wildman–Crippen MR) is 108 cm³/mol. The van der Waals surface area contributed by atoms with E-state index in [1.54, 1.807) is 26.0 Å². The molecule has 1 aromatic heterocycles. The third kappa shape index (κ3) is 4.22. The Hall–Kier alpha value is -2.75. The molecule has 0 aliphatic heterocycles. The molecule has 0 saturated heterocycles. The Labute approximate surface area is 167 Å². The van der Waals surface area contributed by atoms with Crippen LogP contribution >= 0.6 is 11.3 Å². The minimum Gasteiger partial charge on any atom is -0.495 e. The maximum absolute atomic E-state index is 12.6. The molecule has 1 heterocycles. The van der Waals surface area contributed by atoms with Gasteiger partial charge in [0.05, 0.1) is 12.8 Å². The number of thiazole rings is 1. The summed E-state index contributed by atoms with van der Waals surface area (Å²) in [7, 11) is -2.63. The van der Waals surface area contributed by atoms with Crippen LogP contribution < -0.4 is 15.0 Å². The molecule has 0 saturated carbocycles. The number of carbonyl (C=O) groups is 1. The van der Waals surface area contributed by atoms with E-state index in [9.17, 15) is 13.2 Å². The van der Waals surface area contributed by atoms with Crippen molar-refractivity contribution in [2.45, 2.75) is 18.7 Å². The summed E-state index contributed by atoms with van der Waals surface area (Å²) < 4.78 is 30.3. The van der Waals surface area contributed by atoms with Crippen molar-refractivity contribution >= 4 is 27.3 Å². The van der Waals surface area contributed by atoms with Crippen LogP contribution in [0.2, 0.25) is 0 Å². The summed E-state index contributed by atoms with van der Waals surface area (Å²) in [5.41, 5.74) is 4.41. The number of ether oxygens (including phenoxy) is 1. The third-order valence-electron chi connectivity index (χ3n) is 3.93. The average molecular weight is 418 g/mol. The molecule has 0 unspecified atom stereocenters. The Morgan fingerprint density at radius 3 is 2.50 bits per heavy atom. The zero-order valence-electron chi connectivity index (χ0n) is 15.5. The number of rotatable bonds is 6. The van der Waals surface area contributed by atoms with Crippen LogP contribution in [0.15, 0.2) is 53.4 Å². The minimum atomic E-state index is -4.01. The second-order valence-corrected chi connectivity index (χ2v) is 8.66. The van der Waals surface area contributed by atoms with Gasteiger partial charge < -0.3 is 4.74 Å². The highest BCUT2D eigenvalue weighted by Gasteiger charge is 2.22.